The first kappa shape index (κ1) is 14.2. The summed E-state index contributed by atoms with van der Waals surface area (Å²) in [5, 5.41) is 4.69. The molecule has 1 aromatic heterocycles. The number of anilines is 1. The van der Waals surface area contributed by atoms with Crippen molar-refractivity contribution < 1.29 is 0 Å². The molecule has 2 rings (SSSR count). The van der Waals surface area contributed by atoms with Gasteiger partial charge in [0.15, 0.2) is 0 Å². The summed E-state index contributed by atoms with van der Waals surface area (Å²) in [4.78, 5) is 4.33. The lowest BCUT2D eigenvalue weighted by Crippen LogP contribution is -2.12. The molecule has 0 aliphatic carbocycles. The highest BCUT2D eigenvalue weighted by molar-refractivity contribution is 6.35. The number of halogens is 2. The summed E-state index contributed by atoms with van der Waals surface area (Å²) >= 11 is 12.1. The average molecular weight is 298 g/mol. The molecule has 0 aliphatic heterocycles. The van der Waals surface area contributed by atoms with Crippen molar-refractivity contribution in [2.75, 3.05) is 5.32 Å². The second-order valence-electron chi connectivity index (χ2n) is 4.48. The second-order valence-corrected chi connectivity index (χ2v) is 5.32. The number of aromatic nitrogens is 2. The third-order valence-electron chi connectivity index (χ3n) is 2.95. The fraction of sp³-hybridized carbons (Fsp3) is 0.357. The standard InChI is InChI=1S/C14H17Cl2N3/c1-3-7-19-8-6-17-14(19)18-10(2)12-5-4-11(15)9-13(12)16/h4-6,8-10H,3,7H2,1-2H3,(H,17,18). The van der Waals surface area contributed by atoms with Crippen LogP contribution in [0.3, 0.4) is 0 Å². The number of nitrogens with zero attached hydrogens (tertiary/aromatic N) is 2. The molecule has 1 atom stereocenters. The number of aryl methyl sites for hydroxylation is 1. The largest absolute Gasteiger partial charge is 0.349 e. The normalized spacial score (nSPS) is 12.4. The molecule has 0 radical (unpaired) electrons. The Labute approximate surface area is 123 Å². The van der Waals surface area contributed by atoms with Gasteiger partial charge in [-0.1, -0.05) is 36.2 Å². The van der Waals surface area contributed by atoms with Gasteiger partial charge in [0, 0.05) is 29.0 Å². The number of benzene rings is 1. The molecule has 0 aliphatic rings. The highest BCUT2D eigenvalue weighted by Gasteiger charge is 2.12. The molecular weight excluding hydrogens is 281 g/mol. The Morgan fingerprint density at radius 3 is 2.84 bits per heavy atom. The van der Waals surface area contributed by atoms with E-state index in [1.54, 1.807) is 12.3 Å². The first-order chi connectivity index (χ1) is 9.11. The Hall–Kier alpha value is -1.19. The second kappa shape index (κ2) is 6.31. The van der Waals surface area contributed by atoms with Crippen LogP contribution < -0.4 is 5.32 Å². The van der Waals surface area contributed by atoms with Gasteiger partial charge in [-0.3, -0.25) is 0 Å². The van der Waals surface area contributed by atoms with Crippen molar-refractivity contribution in [1.29, 1.82) is 0 Å². The van der Waals surface area contributed by atoms with Crippen LogP contribution in [0.2, 0.25) is 10.0 Å². The first-order valence-corrected chi connectivity index (χ1v) is 7.10. The van der Waals surface area contributed by atoms with Crippen molar-refractivity contribution >= 4 is 29.2 Å². The van der Waals surface area contributed by atoms with Gasteiger partial charge < -0.3 is 9.88 Å². The van der Waals surface area contributed by atoms with E-state index in [0.717, 1.165) is 24.5 Å². The highest BCUT2D eigenvalue weighted by Crippen LogP contribution is 2.28. The molecule has 0 fully saturated rings. The van der Waals surface area contributed by atoms with Crippen LogP contribution in [0, 0.1) is 0 Å². The van der Waals surface area contributed by atoms with Crippen molar-refractivity contribution in [2.45, 2.75) is 32.9 Å². The van der Waals surface area contributed by atoms with Gasteiger partial charge >= 0.3 is 0 Å². The molecule has 1 heterocycles. The quantitative estimate of drug-likeness (QED) is 0.861. The lowest BCUT2D eigenvalue weighted by Gasteiger charge is -2.17. The van der Waals surface area contributed by atoms with Gasteiger partial charge in [0.25, 0.3) is 0 Å². The van der Waals surface area contributed by atoms with Crippen molar-refractivity contribution in [3.8, 4) is 0 Å². The van der Waals surface area contributed by atoms with Crippen LogP contribution in [0.4, 0.5) is 5.95 Å². The van der Waals surface area contributed by atoms with Gasteiger partial charge in [0.05, 0.1) is 6.04 Å². The van der Waals surface area contributed by atoms with Crippen LogP contribution in [0.5, 0.6) is 0 Å². The fourth-order valence-corrected chi connectivity index (χ4v) is 2.57. The van der Waals surface area contributed by atoms with Crippen LogP contribution in [0.25, 0.3) is 0 Å². The Morgan fingerprint density at radius 1 is 1.37 bits per heavy atom. The zero-order chi connectivity index (χ0) is 13.8. The van der Waals surface area contributed by atoms with E-state index >= 15 is 0 Å². The molecule has 2 aromatic rings. The SMILES string of the molecule is CCCn1ccnc1NC(C)c1ccc(Cl)cc1Cl. The van der Waals surface area contributed by atoms with Crippen molar-refractivity contribution in [3.05, 3.63) is 46.2 Å². The maximum atomic E-state index is 6.21. The van der Waals surface area contributed by atoms with Gasteiger partial charge in [0.1, 0.15) is 0 Å². The molecule has 0 spiro atoms. The number of hydrogen-bond donors (Lipinski definition) is 1. The molecule has 3 nitrogen and oxygen atoms in total. The average Bonchev–Trinajstić information content (AvgIpc) is 2.77. The van der Waals surface area contributed by atoms with E-state index < -0.39 is 0 Å². The van der Waals surface area contributed by atoms with Crippen molar-refractivity contribution in [3.63, 3.8) is 0 Å². The van der Waals surface area contributed by atoms with E-state index in [-0.39, 0.29) is 6.04 Å². The molecule has 1 N–H and O–H groups in total. The van der Waals surface area contributed by atoms with E-state index in [1.165, 1.54) is 0 Å². The fourth-order valence-electron chi connectivity index (χ4n) is 1.99. The smallest absolute Gasteiger partial charge is 0.203 e. The number of rotatable bonds is 5. The third kappa shape index (κ3) is 3.43. The van der Waals surface area contributed by atoms with E-state index in [4.69, 9.17) is 23.2 Å². The molecule has 102 valence electrons. The summed E-state index contributed by atoms with van der Waals surface area (Å²) in [5.74, 6) is 0.861. The summed E-state index contributed by atoms with van der Waals surface area (Å²) in [6.07, 6.45) is 4.84. The molecule has 0 bridgehead atoms. The van der Waals surface area contributed by atoms with Gasteiger partial charge in [-0.15, -0.1) is 0 Å². The van der Waals surface area contributed by atoms with Gasteiger partial charge in [0.2, 0.25) is 5.95 Å². The van der Waals surface area contributed by atoms with Gasteiger partial charge in [-0.25, -0.2) is 4.98 Å². The molecule has 0 amide bonds. The summed E-state index contributed by atoms with van der Waals surface area (Å²) in [6.45, 7) is 5.15. The monoisotopic (exact) mass is 297 g/mol. The van der Waals surface area contributed by atoms with E-state index in [2.05, 4.69) is 28.7 Å². The summed E-state index contributed by atoms with van der Waals surface area (Å²) < 4.78 is 2.10. The summed E-state index contributed by atoms with van der Waals surface area (Å²) in [7, 11) is 0. The topological polar surface area (TPSA) is 29.9 Å². The van der Waals surface area contributed by atoms with Crippen molar-refractivity contribution in [1.82, 2.24) is 9.55 Å². The zero-order valence-corrected chi connectivity index (χ0v) is 12.5. The molecule has 19 heavy (non-hydrogen) atoms. The molecular formula is C14H17Cl2N3. The van der Waals surface area contributed by atoms with Crippen LogP contribution in [0.1, 0.15) is 31.9 Å². The third-order valence-corrected chi connectivity index (χ3v) is 3.52. The predicted octanol–water partition coefficient (Wildman–Crippen LogP) is 4.77. The van der Waals surface area contributed by atoms with Gasteiger partial charge in [-0.2, -0.15) is 0 Å². The Morgan fingerprint density at radius 2 is 2.16 bits per heavy atom. The molecule has 5 heteroatoms. The highest BCUT2D eigenvalue weighted by atomic mass is 35.5. The maximum absolute atomic E-state index is 6.21. The Bertz CT molecular complexity index is 551. The first-order valence-electron chi connectivity index (χ1n) is 6.34. The van der Waals surface area contributed by atoms with Crippen molar-refractivity contribution in [2.24, 2.45) is 0 Å². The molecule has 0 saturated carbocycles. The van der Waals surface area contributed by atoms with E-state index in [0.29, 0.717) is 10.0 Å². The van der Waals surface area contributed by atoms with Gasteiger partial charge in [-0.05, 0) is 31.0 Å². The Kier molecular flexibility index (Phi) is 4.72. The zero-order valence-electron chi connectivity index (χ0n) is 11.0. The van der Waals surface area contributed by atoms with Crippen LogP contribution in [-0.4, -0.2) is 9.55 Å². The molecule has 1 unspecified atom stereocenters. The summed E-state index contributed by atoms with van der Waals surface area (Å²) in [6, 6.07) is 5.62. The Balaban J connectivity index is 2.16. The van der Waals surface area contributed by atoms with Crippen LogP contribution >= 0.6 is 23.2 Å². The van der Waals surface area contributed by atoms with E-state index in [9.17, 15) is 0 Å². The maximum Gasteiger partial charge on any atom is 0.203 e. The molecule has 1 aromatic carbocycles. The number of imidazole rings is 1. The number of hydrogen-bond acceptors (Lipinski definition) is 2. The van der Waals surface area contributed by atoms with Crippen LogP contribution in [-0.2, 0) is 6.54 Å². The molecule has 0 saturated heterocycles. The lowest BCUT2D eigenvalue weighted by molar-refractivity contribution is 0.674. The predicted molar refractivity (Wildman–Crippen MR) is 81.0 cm³/mol. The minimum Gasteiger partial charge on any atom is -0.349 e. The summed E-state index contributed by atoms with van der Waals surface area (Å²) in [5.41, 5.74) is 1.01. The van der Waals surface area contributed by atoms with E-state index in [1.807, 2.05) is 18.3 Å². The van der Waals surface area contributed by atoms with Crippen LogP contribution in [0.15, 0.2) is 30.6 Å². The minimum atomic E-state index is 0.0720. The lowest BCUT2D eigenvalue weighted by atomic mass is 10.1. The number of nitrogens with one attached hydrogen (secondary N) is 1. The minimum absolute atomic E-state index is 0.0720.